The Bertz CT molecular complexity index is 734. The lowest BCUT2D eigenvalue weighted by atomic mass is 9.99. The Hall–Kier alpha value is -3.09. The van der Waals surface area contributed by atoms with Crippen LogP contribution in [0.2, 0.25) is 0 Å². The Morgan fingerprint density at radius 3 is 2.64 bits per heavy atom. The van der Waals surface area contributed by atoms with Gasteiger partial charge in [0.05, 0.1) is 12.1 Å². The van der Waals surface area contributed by atoms with Gasteiger partial charge in [0, 0.05) is 13.1 Å². The van der Waals surface area contributed by atoms with Gasteiger partial charge in [0.15, 0.2) is 0 Å². The molecule has 25 heavy (non-hydrogen) atoms. The summed E-state index contributed by atoms with van der Waals surface area (Å²) in [5.74, 6) is 0.289. The second kappa shape index (κ2) is 7.65. The van der Waals surface area contributed by atoms with Gasteiger partial charge in [-0.15, -0.1) is 0 Å². The van der Waals surface area contributed by atoms with E-state index >= 15 is 0 Å². The van der Waals surface area contributed by atoms with Gasteiger partial charge in [0.25, 0.3) is 0 Å². The van der Waals surface area contributed by atoms with Crippen LogP contribution in [-0.4, -0.2) is 40.1 Å². The van der Waals surface area contributed by atoms with E-state index in [9.17, 15) is 9.59 Å². The van der Waals surface area contributed by atoms with Crippen molar-refractivity contribution in [2.24, 2.45) is 5.92 Å². The standard InChI is InChI=1S/C18H19N3O4/c22-17(23)13-5-4-10-21(12-13)18(24)20-16-9-8-15(11-19-16)25-14-6-2-1-3-7-14/h1-3,6-9,11,13H,4-5,10,12H2,(H,22,23)(H,19,20,24). The predicted octanol–water partition coefficient (Wildman–Crippen LogP) is 3.20. The molecule has 2 aromatic rings. The molecular weight excluding hydrogens is 322 g/mol. The molecule has 2 amide bonds. The minimum Gasteiger partial charge on any atom is -0.481 e. The average molecular weight is 341 g/mol. The smallest absolute Gasteiger partial charge is 0.323 e. The maximum Gasteiger partial charge on any atom is 0.323 e. The van der Waals surface area contributed by atoms with Gasteiger partial charge in [0.1, 0.15) is 17.3 Å². The third-order valence-electron chi connectivity index (χ3n) is 4.01. The van der Waals surface area contributed by atoms with Crippen molar-refractivity contribution >= 4 is 17.8 Å². The number of ether oxygens (including phenoxy) is 1. The number of nitrogens with zero attached hydrogens (tertiary/aromatic N) is 2. The number of carbonyl (C=O) groups excluding carboxylic acids is 1. The number of carbonyl (C=O) groups is 2. The van der Waals surface area contributed by atoms with Gasteiger partial charge in [0.2, 0.25) is 0 Å². The fourth-order valence-electron chi connectivity index (χ4n) is 2.69. The second-order valence-corrected chi connectivity index (χ2v) is 5.85. The molecule has 1 unspecified atom stereocenters. The molecular formula is C18H19N3O4. The molecule has 1 aromatic carbocycles. The van der Waals surface area contributed by atoms with E-state index in [0.717, 1.165) is 0 Å². The summed E-state index contributed by atoms with van der Waals surface area (Å²) in [5, 5.41) is 11.8. The summed E-state index contributed by atoms with van der Waals surface area (Å²) < 4.78 is 5.64. The molecule has 7 nitrogen and oxygen atoms in total. The quantitative estimate of drug-likeness (QED) is 0.891. The lowest BCUT2D eigenvalue weighted by molar-refractivity contribution is -0.143. The molecule has 0 radical (unpaired) electrons. The lowest BCUT2D eigenvalue weighted by Gasteiger charge is -2.30. The van der Waals surface area contributed by atoms with Gasteiger partial charge in [-0.1, -0.05) is 18.2 Å². The van der Waals surface area contributed by atoms with E-state index in [4.69, 9.17) is 9.84 Å². The summed E-state index contributed by atoms with van der Waals surface area (Å²) >= 11 is 0. The highest BCUT2D eigenvalue weighted by molar-refractivity contribution is 5.88. The molecule has 0 bridgehead atoms. The lowest BCUT2D eigenvalue weighted by Crippen LogP contribution is -2.44. The van der Waals surface area contributed by atoms with E-state index in [1.165, 1.54) is 11.1 Å². The molecule has 1 aromatic heterocycles. The number of piperidine rings is 1. The Labute approximate surface area is 145 Å². The molecule has 1 atom stereocenters. The molecule has 3 rings (SSSR count). The van der Waals surface area contributed by atoms with E-state index < -0.39 is 11.9 Å². The minimum absolute atomic E-state index is 0.219. The van der Waals surface area contributed by atoms with E-state index in [1.54, 1.807) is 12.1 Å². The number of likely N-dealkylation sites (tertiary alicyclic amines) is 1. The number of para-hydroxylation sites is 1. The Kier molecular flexibility index (Phi) is 5.13. The largest absolute Gasteiger partial charge is 0.481 e. The Morgan fingerprint density at radius 2 is 1.96 bits per heavy atom. The second-order valence-electron chi connectivity index (χ2n) is 5.85. The first-order valence-electron chi connectivity index (χ1n) is 8.09. The SMILES string of the molecule is O=C(O)C1CCCN(C(=O)Nc2ccc(Oc3ccccc3)cn2)C1. The minimum atomic E-state index is -0.863. The van der Waals surface area contributed by atoms with Crippen molar-refractivity contribution in [3.8, 4) is 11.5 Å². The summed E-state index contributed by atoms with van der Waals surface area (Å²) in [5.41, 5.74) is 0. The zero-order valence-corrected chi connectivity index (χ0v) is 13.6. The van der Waals surface area contributed by atoms with Crippen molar-refractivity contribution in [2.75, 3.05) is 18.4 Å². The van der Waals surface area contributed by atoms with Gasteiger partial charge >= 0.3 is 12.0 Å². The third kappa shape index (κ3) is 4.47. The molecule has 0 spiro atoms. The summed E-state index contributed by atoms with van der Waals surface area (Å²) in [6.45, 7) is 0.765. The number of hydrogen-bond donors (Lipinski definition) is 2. The Morgan fingerprint density at radius 1 is 1.16 bits per heavy atom. The highest BCUT2D eigenvalue weighted by atomic mass is 16.5. The summed E-state index contributed by atoms with van der Waals surface area (Å²) in [7, 11) is 0. The third-order valence-corrected chi connectivity index (χ3v) is 4.01. The number of hydrogen-bond acceptors (Lipinski definition) is 4. The van der Waals surface area contributed by atoms with Crippen molar-refractivity contribution < 1.29 is 19.4 Å². The van der Waals surface area contributed by atoms with Crippen molar-refractivity contribution in [1.82, 2.24) is 9.88 Å². The molecule has 0 aliphatic carbocycles. The van der Waals surface area contributed by atoms with Gasteiger partial charge < -0.3 is 14.7 Å². The van der Waals surface area contributed by atoms with Crippen molar-refractivity contribution in [3.05, 3.63) is 48.7 Å². The predicted molar refractivity (Wildman–Crippen MR) is 91.7 cm³/mol. The van der Waals surface area contributed by atoms with Gasteiger partial charge in [-0.2, -0.15) is 0 Å². The number of nitrogens with one attached hydrogen (secondary N) is 1. The molecule has 130 valence electrons. The summed E-state index contributed by atoms with van der Waals surface area (Å²) in [6.07, 6.45) is 2.81. The number of aromatic nitrogens is 1. The van der Waals surface area contributed by atoms with Crippen LogP contribution in [-0.2, 0) is 4.79 Å². The molecule has 0 saturated carbocycles. The van der Waals surface area contributed by atoms with Crippen LogP contribution in [0.1, 0.15) is 12.8 Å². The molecule has 1 saturated heterocycles. The number of amides is 2. The number of anilines is 1. The number of rotatable bonds is 4. The first-order valence-corrected chi connectivity index (χ1v) is 8.09. The summed E-state index contributed by atoms with van der Waals surface area (Å²) in [4.78, 5) is 29.0. The van der Waals surface area contributed by atoms with Crippen LogP contribution in [0.25, 0.3) is 0 Å². The van der Waals surface area contributed by atoms with E-state index in [2.05, 4.69) is 10.3 Å². The van der Waals surface area contributed by atoms with Crippen LogP contribution in [0.4, 0.5) is 10.6 Å². The van der Waals surface area contributed by atoms with Crippen LogP contribution in [0, 0.1) is 5.92 Å². The fraction of sp³-hybridized carbons (Fsp3) is 0.278. The van der Waals surface area contributed by atoms with Crippen LogP contribution in [0.3, 0.4) is 0 Å². The number of pyridine rings is 1. The molecule has 2 N–H and O–H groups in total. The van der Waals surface area contributed by atoms with E-state index in [0.29, 0.717) is 36.7 Å². The van der Waals surface area contributed by atoms with E-state index in [-0.39, 0.29) is 12.6 Å². The Balaban J connectivity index is 1.57. The molecule has 7 heteroatoms. The maximum atomic E-state index is 12.3. The normalized spacial score (nSPS) is 17.0. The first-order chi connectivity index (χ1) is 12.1. The number of aliphatic carboxylic acids is 1. The topological polar surface area (TPSA) is 91.8 Å². The first kappa shape index (κ1) is 16.8. The van der Waals surface area contributed by atoms with Crippen molar-refractivity contribution in [1.29, 1.82) is 0 Å². The number of carboxylic acids is 1. The van der Waals surface area contributed by atoms with Crippen molar-refractivity contribution in [2.45, 2.75) is 12.8 Å². The fourth-order valence-corrected chi connectivity index (χ4v) is 2.69. The molecule has 1 fully saturated rings. The highest BCUT2D eigenvalue weighted by Gasteiger charge is 2.28. The van der Waals surface area contributed by atoms with Crippen LogP contribution in [0.5, 0.6) is 11.5 Å². The van der Waals surface area contributed by atoms with Gasteiger partial charge in [-0.25, -0.2) is 9.78 Å². The molecule has 1 aliphatic rings. The number of benzene rings is 1. The van der Waals surface area contributed by atoms with Gasteiger partial charge in [-0.05, 0) is 37.1 Å². The number of carboxylic acid groups (broad SMARTS) is 1. The monoisotopic (exact) mass is 341 g/mol. The van der Waals surface area contributed by atoms with E-state index in [1.807, 2.05) is 30.3 Å². The molecule has 1 aliphatic heterocycles. The van der Waals surface area contributed by atoms with Crippen LogP contribution in [0.15, 0.2) is 48.7 Å². The zero-order chi connectivity index (χ0) is 17.6. The van der Waals surface area contributed by atoms with Crippen molar-refractivity contribution in [3.63, 3.8) is 0 Å². The maximum absolute atomic E-state index is 12.3. The highest BCUT2D eigenvalue weighted by Crippen LogP contribution is 2.21. The molecule has 2 heterocycles. The van der Waals surface area contributed by atoms with Crippen LogP contribution < -0.4 is 10.1 Å². The zero-order valence-electron chi connectivity index (χ0n) is 13.6. The van der Waals surface area contributed by atoms with Crippen LogP contribution >= 0.6 is 0 Å². The average Bonchev–Trinajstić information content (AvgIpc) is 2.64. The van der Waals surface area contributed by atoms with Gasteiger partial charge in [-0.3, -0.25) is 10.1 Å². The summed E-state index contributed by atoms with van der Waals surface area (Å²) in [6, 6.07) is 12.4. The number of urea groups is 1.